The molecule has 2 rings (SSSR count). The normalized spacial score (nSPS) is 18.3. The van der Waals surface area contributed by atoms with E-state index in [0.29, 0.717) is 23.0 Å². The first-order valence-electron chi connectivity index (χ1n) is 6.97. The van der Waals surface area contributed by atoms with E-state index in [-0.39, 0.29) is 6.54 Å². The van der Waals surface area contributed by atoms with Crippen molar-refractivity contribution in [3.8, 4) is 6.07 Å². The number of benzene rings is 1. The van der Waals surface area contributed by atoms with Gasteiger partial charge in [-0.1, -0.05) is 11.6 Å². The van der Waals surface area contributed by atoms with Crippen molar-refractivity contribution in [1.82, 2.24) is 5.32 Å². The van der Waals surface area contributed by atoms with Crippen LogP contribution < -0.4 is 10.2 Å². The summed E-state index contributed by atoms with van der Waals surface area (Å²) < 4.78 is 0. The minimum absolute atomic E-state index is 0.0130. The number of rotatable bonds is 5. The molecule has 1 aromatic carbocycles. The highest BCUT2D eigenvalue weighted by atomic mass is 35.5. The predicted octanol–water partition coefficient (Wildman–Crippen LogP) is 2.10. The van der Waals surface area contributed by atoms with Gasteiger partial charge in [0.25, 0.3) is 0 Å². The number of anilines is 1. The Hall–Kier alpha value is -1.77. The van der Waals surface area contributed by atoms with Crippen molar-refractivity contribution in [1.29, 1.82) is 5.26 Å². The molecule has 1 aliphatic rings. The zero-order valence-electron chi connectivity index (χ0n) is 11.7. The van der Waals surface area contributed by atoms with Crippen LogP contribution in [-0.2, 0) is 4.79 Å². The standard InChI is InChI=1S/C15H18ClN3O2/c16-13-3-4-14(12(6-13)7-17)19-5-1-2-11(10-19)8-18-9-15(20)21/h3-4,6,11,18H,1-2,5,8-10H2,(H,20,21). The van der Waals surface area contributed by atoms with E-state index in [1.165, 1.54) is 0 Å². The molecule has 0 saturated carbocycles. The molecule has 112 valence electrons. The minimum Gasteiger partial charge on any atom is -0.480 e. The summed E-state index contributed by atoms with van der Waals surface area (Å²) in [6.45, 7) is 2.40. The van der Waals surface area contributed by atoms with Crippen molar-refractivity contribution in [2.75, 3.05) is 31.1 Å². The molecule has 0 aromatic heterocycles. The van der Waals surface area contributed by atoms with Gasteiger partial charge in [0, 0.05) is 24.7 Å². The van der Waals surface area contributed by atoms with E-state index in [0.717, 1.165) is 31.6 Å². The zero-order valence-corrected chi connectivity index (χ0v) is 12.4. The number of nitrogens with one attached hydrogen (secondary N) is 1. The van der Waals surface area contributed by atoms with Gasteiger partial charge in [0.1, 0.15) is 6.07 Å². The lowest BCUT2D eigenvalue weighted by Crippen LogP contribution is -2.40. The molecule has 0 aliphatic carbocycles. The highest BCUT2D eigenvalue weighted by Crippen LogP contribution is 2.28. The van der Waals surface area contributed by atoms with E-state index in [4.69, 9.17) is 16.7 Å². The van der Waals surface area contributed by atoms with Crippen LogP contribution in [0.15, 0.2) is 18.2 Å². The van der Waals surface area contributed by atoms with Crippen molar-refractivity contribution < 1.29 is 9.90 Å². The van der Waals surface area contributed by atoms with Gasteiger partial charge in [0.15, 0.2) is 0 Å². The van der Waals surface area contributed by atoms with Gasteiger partial charge >= 0.3 is 5.97 Å². The number of carboxylic acids is 1. The topological polar surface area (TPSA) is 76.4 Å². The number of halogens is 1. The fourth-order valence-corrected chi connectivity index (χ4v) is 2.88. The van der Waals surface area contributed by atoms with Gasteiger partial charge in [-0.2, -0.15) is 5.26 Å². The first kappa shape index (κ1) is 15.6. The van der Waals surface area contributed by atoms with Gasteiger partial charge in [0.05, 0.1) is 17.8 Å². The second-order valence-electron chi connectivity index (χ2n) is 5.25. The van der Waals surface area contributed by atoms with Crippen molar-refractivity contribution in [3.05, 3.63) is 28.8 Å². The van der Waals surface area contributed by atoms with Crippen LogP contribution in [0.5, 0.6) is 0 Å². The van der Waals surface area contributed by atoms with E-state index in [1.54, 1.807) is 12.1 Å². The summed E-state index contributed by atoms with van der Waals surface area (Å²) in [5.74, 6) is -0.451. The van der Waals surface area contributed by atoms with E-state index in [9.17, 15) is 10.1 Å². The molecule has 0 bridgehead atoms. The molecule has 1 aromatic rings. The Kier molecular flexibility index (Phi) is 5.43. The lowest BCUT2D eigenvalue weighted by molar-refractivity contribution is -0.136. The SMILES string of the molecule is N#Cc1cc(Cl)ccc1N1CCCC(CNCC(=O)O)C1. The van der Waals surface area contributed by atoms with Crippen LogP contribution in [0.1, 0.15) is 18.4 Å². The number of hydrogen-bond acceptors (Lipinski definition) is 4. The number of carboxylic acid groups (broad SMARTS) is 1. The Balaban J connectivity index is 2.01. The predicted molar refractivity (Wildman–Crippen MR) is 81.6 cm³/mol. The number of hydrogen-bond donors (Lipinski definition) is 2. The van der Waals surface area contributed by atoms with Gasteiger partial charge in [-0.3, -0.25) is 4.79 Å². The van der Waals surface area contributed by atoms with Crippen LogP contribution in [0.4, 0.5) is 5.69 Å². The number of nitriles is 1. The summed E-state index contributed by atoms with van der Waals surface area (Å²) in [7, 11) is 0. The fourth-order valence-electron chi connectivity index (χ4n) is 2.71. The molecule has 1 heterocycles. The Labute approximate surface area is 129 Å². The number of carbonyl (C=O) groups is 1. The molecule has 0 amide bonds. The average Bonchev–Trinajstić information content (AvgIpc) is 2.47. The monoisotopic (exact) mass is 307 g/mol. The molecule has 1 unspecified atom stereocenters. The van der Waals surface area contributed by atoms with E-state index < -0.39 is 5.97 Å². The first-order valence-corrected chi connectivity index (χ1v) is 7.35. The van der Waals surface area contributed by atoms with Crippen LogP contribution in [0.2, 0.25) is 5.02 Å². The molecule has 0 spiro atoms. The summed E-state index contributed by atoms with van der Waals surface area (Å²) >= 11 is 5.93. The van der Waals surface area contributed by atoms with Crippen molar-refractivity contribution in [2.45, 2.75) is 12.8 Å². The largest absolute Gasteiger partial charge is 0.480 e. The molecule has 6 heteroatoms. The Morgan fingerprint density at radius 2 is 2.38 bits per heavy atom. The van der Waals surface area contributed by atoms with E-state index in [2.05, 4.69) is 16.3 Å². The van der Waals surface area contributed by atoms with Gasteiger partial charge < -0.3 is 15.3 Å². The lowest BCUT2D eigenvalue weighted by Gasteiger charge is -2.35. The number of nitrogens with zero attached hydrogens (tertiary/aromatic N) is 2. The molecule has 1 saturated heterocycles. The Morgan fingerprint density at radius 1 is 1.57 bits per heavy atom. The zero-order chi connectivity index (χ0) is 15.2. The summed E-state index contributed by atoms with van der Waals surface area (Å²) in [6.07, 6.45) is 2.10. The number of aliphatic carboxylic acids is 1. The second kappa shape index (κ2) is 7.30. The quantitative estimate of drug-likeness (QED) is 0.871. The maximum atomic E-state index is 10.5. The molecular weight excluding hydrogens is 290 g/mol. The third-order valence-electron chi connectivity index (χ3n) is 3.65. The van der Waals surface area contributed by atoms with Crippen LogP contribution in [0, 0.1) is 17.2 Å². The molecule has 1 aliphatic heterocycles. The Bertz CT molecular complexity index is 556. The average molecular weight is 308 g/mol. The molecule has 1 fully saturated rings. The Morgan fingerprint density at radius 3 is 3.10 bits per heavy atom. The van der Waals surface area contributed by atoms with Crippen LogP contribution in [0.25, 0.3) is 0 Å². The number of piperidine rings is 1. The summed E-state index contributed by atoms with van der Waals surface area (Å²) in [6, 6.07) is 7.55. The molecular formula is C15H18ClN3O2. The summed E-state index contributed by atoms with van der Waals surface area (Å²) in [4.78, 5) is 12.7. The van der Waals surface area contributed by atoms with Gasteiger partial charge in [-0.15, -0.1) is 0 Å². The minimum atomic E-state index is -0.841. The highest BCUT2D eigenvalue weighted by molar-refractivity contribution is 6.30. The second-order valence-corrected chi connectivity index (χ2v) is 5.69. The highest BCUT2D eigenvalue weighted by Gasteiger charge is 2.22. The maximum Gasteiger partial charge on any atom is 0.317 e. The van der Waals surface area contributed by atoms with Crippen molar-refractivity contribution >= 4 is 23.3 Å². The van der Waals surface area contributed by atoms with Crippen LogP contribution in [-0.4, -0.2) is 37.3 Å². The molecule has 21 heavy (non-hydrogen) atoms. The third kappa shape index (κ3) is 4.35. The van der Waals surface area contributed by atoms with Gasteiger partial charge in [-0.25, -0.2) is 0 Å². The summed E-state index contributed by atoms with van der Waals surface area (Å²) in [5.41, 5.74) is 1.49. The van der Waals surface area contributed by atoms with E-state index in [1.807, 2.05) is 6.07 Å². The van der Waals surface area contributed by atoms with Crippen LogP contribution in [0.3, 0.4) is 0 Å². The third-order valence-corrected chi connectivity index (χ3v) is 3.88. The van der Waals surface area contributed by atoms with Gasteiger partial charge in [0.2, 0.25) is 0 Å². The fraction of sp³-hybridized carbons (Fsp3) is 0.467. The van der Waals surface area contributed by atoms with Gasteiger partial charge in [-0.05, 0) is 37.0 Å². The smallest absolute Gasteiger partial charge is 0.317 e. The van der Waals surface area contributed by atoms with Crippen molar-refractivity contribution in [2.24, 2.45) is 5.92 Å². The van der Waals surface area contributed by atoms with Crippen LogP contribution >= 0.6 is 11.6 Å². The summed E-state index contributed by atoms with van der Waals surface area (Å²) in [5, 5.41) is 21.4. The molecule has 1 atom stereocenters. The van der Waals surface area contributed by atoms with E-state index >= 15 is 0 Å². The van der Waals surface area contributed by atoms with Crippen molar-refractivity contribution in [3.63, 3.8) is 0 Å². The maximum absolute atomic E-state index is 10.5. The molecule has 2 N–H and O–H groups in total. The molecule has 0 radical (unpaired) electrons. The molecule has 5 nitrogen and oxygen atoms in total. The first-order chi connectivity index (χ1) is 10.1. The lowest BCUT2D eigenvalue weighted by atomic mass is 9.97.